The Hall–Kier alpha value is -4.01. The molecule has 0 atom stereocenters. The zero-order chi connectivity index (χ0) is 22.5. The molecule has 3 heteroatoms. The molecule has 160 valence electrons. The van der Waals surface area contributed by atoms with E-state index in [-0.39, 0.29) is 0 Å². The smallest absolute Gasteiger partial charge is 0.0497 e. The quantitative estimate of drug-likeness (QED) is 0.256. The summed E-state index contributed by atoms with van der Waals surface area (Å²) in [4.78, 5) is 4.45. The molecule has 0 aliphatic heterocycles. The molecule has 0 aromatic heterocycles. The summed E-state index contributed by atoms with van der Waals surface area (Å²) >= 11 is 6.73. The maximum atomic E-state index is 6.73. The van der Waals surface area contributed by atoms with Gasteiger partial charge in [-0.05, 0) is 66.7 Å². The van der Waals surface area contributed by atoms with Gasteiger partial charge in [-0.2, -0.15) is 0 Å². The lowest BCUT2D eigenvalue weighted by Gasteiger charge is -2.29. The van der Waals surface area contributed by atoms with E-state index in [1.54, 1.807) is 0 Å². The highest BCUT2D eigenvalue weighted by Gasteiger charge is 2.17. The van der Waals surface area contributed by atoms with E-state index in [1.165, 1.54) is 0 Å². The highest BCUT2D eigenvalue weighted by atomic mass is 35.5. The van der Waals surface area contributed by atoms with E-state index in [1.807, 2.05) is 36.4 Å². The Morgan fingerprint density at radius 3 is 0.879 bits per heavy atom. The van der Waals surface area contributed by atoms with Crippen molar-refractivity contribution in [2.75, 3.05) is 9.80 Å². The molecule has 0 saturated carbocycles. The molecule has 0 amide bonds. The van der Waals surface area contributed by atoms with Gasteiger partial charge in [0.25, 0.3) is 0 Å². The van der Waals surface area contributed by atoms with Gasteiger partial charge in [0, 0.05) is 39.1 Å². The zero-order valence-electron chi connectivity index (χ0n) is 18.1. The van der Waals surface area contributed by atoms with Gasteiger partial charge in [-0.3, -0.25) is 0 Å². The van der Waals surface area contributed by atoms with Crippen molar-refractivity contribution in [3.8, 4) is 0 Å². The average Bonchev–Trinajstić information content (AvgIpc) is 2.87. The minimum Gasteiger partial charge on any atom is -0.310 e. The molecule has 33 heavy (non-hydrogen) atoms. The van der Waals surface area contributed by atoms with Crippen molar-refractivity contribution < 1.29 is 0 Å². The van der Waals surface area contributed by atoms with Crippen molar-refractivity contribution in [2.24, 2.45) is 0 Å². The Labute approximate surface area is 199 Å². The molecule has 5 rings (SSSR count). The van der Waals surface area contributed by atoms with Crippen molar-refractivity contribution in [1.29, 1.82) is 0 Å². The molecular weight excluding hydrogens is 424 g/mol. The zero-order valence-corrected chi connectivity index (χ0v) is 18.8. The van der Waals surface area contributed by atoms with Gasteiger partial charge in [-0.15, -0.1) is 0 Å². The lowest BCUT2D eigenvalue weighted by atomic mass is 10.1. The summed E-state index contributed by atoms with van der Waals surface area (Å²) in [6.07, 6.45) is 0. The van der Waals surface area contributed by atoms with E-state index in [4.69, 9.17) is 11.6 Å². The summed E-state index contributed by atoms with van der Waals surface area (Å²) in [7, 11) is 0. The van der Waals surface area contributed by atoms with Crippen LogP contribution in [-0.2, 0) is 0 Å². The molecule has 0 unspecified atom stereocenters. The van der Waals surface area contributed by atoms with E-state index in [9.17, 15) is 0 Å². The minimum atomic E-state index is 0.677. The fraction of sp³-hybridized carbons (Fsp3) is 0. The second kappa shape index (κ2) is 9.64. The third kappa shape index (κ3) is 4.62. The number of anilines is 6. The fourth-order valence-corrected chi connectivity index (χ4v) is 4.24. The van der Waals surface area contributed by atoms with Crippen LogP contribution < -0.4 is 9.80 Å². The topological polar surface area (TPSA) is 6.48 Å². The standard InChI is InChI=1S/C30H23ClN2/c31-24-21-29(32(25-13-5-1-6-14-25)26-15-7-2-8-16-26)23-30(22-24)33(27-17-9-3-10-18-27)28-19-11-4-12-20-28/h1-23H. The lowest BCUT2D eigenvalue weighted by molar-refractivity contribution is 1.25. The van der Waals surface area contributed by atoms with Crippen LogP contribution in [0.1, 0.15) is 0 Å². The van der Waals surface area contributed by atoms with Crippen molar-refractivity contribution in [2.45, 2.75) is 0 Å². The van der Waals surface area contributed by atoms with Gasteiger partial charge in [-0.25, -0.2) is 0 Å². The second-order valence-corrected chi connectivity index (χ2v) is 8.12. The number of hydrogen-bond acceptors (Lipinski definition) is 2. The Balaban J connectivity index is 1.69. The number of benzene rings is 5. The minimum absolute atomic E-state index is 0.677. The van der Waals surface area contributed by atoms with Crippen LogP contribution in [0, 0.1) is 0 Å². The molecule has 2 nitrogen and oxygen atoms in total. The Morgan fingerprint density at radius 2 is 0.606 bits per heavy atom. The van der Waals surface area contributed by atoms with E-state index in [2.05, 4.69) is 113 Å². The molecule has 0 heterocycles. The van der Waals surface area contributed by atoms with Crippen molar-refractivity contribution in [1.82, 2.24) is 0 Å². The van der Waals surface area contributed by atoms with Crippen LogP contribution in [0.25, 0.3) is 0 Å². The van der Waals surface area contributed by atoms with E-state index in [0.29, 0.717) is 5.02 Å². The maximum Gasteiger partial charge on any atom is 0.0497 e. The predicted octanol–water partition coefficient (Wildman–Crippen LogP) is 9.28. The van der Waals surface area contributed by atoms with Crippen LogP contribution in [0.4, 0.5) is 34.1 Å². The molecular formula is C30H23ClN2. The van der Waals surface area contributed by atoms with Gasteiger partial charge in [0.1, 0.15) is 0 Å². The van der Waals surface area contributed by atoms with Crippen molar-refractivity contribution in [3.05, 3.63) is 145 Å². The summed E-state index contributed by atoms with van der Waals surface area (Å²) in [5.74, 6) is 0. The first-order chi connectivity index (χ1) is 16.3. The summed E-state index contributed by atoms with van der Waals surface area (Å²) in [5.41, 5.74) is 6.27. The van der Waals surface area contributed by atoms with Gasteiger partial charge < -0.3 is 9.80 Å². The maximum absolute atomic E-state index is 6.73. The van der Waals surface area contributed by atoms with Crippen LogP contribution >= 0.6 is 11.6 Å². The summed E-state index contributed by atoms with van der Waals surface area (Å²) in [5, 5.41) is 0.677. The number of nitrogens with zero attached hydrogens (tertiary/aromatic N) is 2. The van der Waals surface area contributed by atoms with Crippen molar-refractivity contribution >= 4 is 45.7 Å². The molecule has 0 aliphatic rings. The summed E-state index contributed by atoms with van der Waals surface area (Å²) in [6, 6.07) is 47.6. The second-order valence-electron chi connectivity index (χ2n) is 7.68. The third-order valence-electron chi connectivity index (χ3n) is 5.44. The normalized spacial score (nSPS) is 10.6. The highest BCUT2D eigenvalue weighted by molar-refractivity contribution is 6.31. The largest absolute Gasteiger partial charge is 0.310 e. The molecule has 0 fully saturated rings. The van der Waals surface area contributed by atoms with Crippen LogP contribution in [0.15, 0.2) is 140 Å². The Morgan fingerprint density at radius 1 is 0.333 bits per heavy atom. The first-order valence-electron chi connectivity index (χ1n) is 10.9. The fourth-order valence-electron chi connectivity index (χ4n) is 4.02. The van der Waals surface area contributed by atoms with Crippen LogP contribution in [0.5, 0.6) is 0 Å². The van der Waals surface area contributed by atoms with E-state index < -0.39 is 0 Å². The monoisotopic (exact) mass is 446 g/mol. The van der Waals surface area contributed by atoms with Gasteiger partial charge in [0.15, 0.2) is 0 Å². The molecule has 0 N–H and O–H groups in total. The average molecular weight is 447 g/mol. The van der Waals surface area contributed by atoms with Gasteiger partial charge in [-0.1, -0.05) is 84.4 Å². The first kappa shape index (κ1) is 20.9. The lowest BCUT2D eigenvalue weighted by Crippen LogP contribution is -2.13. The molecule has 0 spiro atoms. The van der Waals surface area contributed by atoms with E-state index >= 15 is 0 Å². The van der Waals surface area contributed by atoms with E-state index in [0.717, 1.165) is 34.1 Å². The Bertz CT molecular complexity index is 1130. The number of rotatable bonds is 6. The molecule has 0 saturated heterocycles. The summed E-state index contributed by atoms with van der Waals surface area (Å²) < 4.78 is 0. The number of hydrogen-bond donors (Lipinski definition) is 0. The number of para-hydroxylation sites is 4. The molecule has 5 aromatic carbocycles. The van der Waals surface area contributed by atoms with Crippen LogP contribution in [0.2, 0.25) is 5.02 Å². The SMILES string of the molecule is Clc1cc(N(c2ccccc2)c2ccccc2)cc(N(c2ccccc2)c2ccccc2)c1. The highest BCUT2D eigenvalue weighted by Crippen LogP contribution is 2.41. The molecule has 0 radical (unpaired) electrons. The summed E-state index contributed by atoms with van der Waals surface area (Å²) in [6.45, 7) is 0. The number of halogens is 1. The molecule has 0 bridgehead atoms. The van der Waals surface area contributed by atoms with Crippen molar-refractivity contribution in [3.63, 3.8) is 0 Å². The van der Waals surface area contributed by atoms with Gasteiger partial charge >= 0.3 is 0 Å². The van der Waals surface area contributed by atoms with Crippen LogP contribution in [-0.4, -0.2) is 0 Å². The predicted molar refractivity (Wildman–Crippen MR) is 141 cm³/mol. The first-order valence-corrected chi connectivity index (χ1v) is 11.3. The molecule has 5 aromatic rings. The van der Waals surface area contributed by atoms with Crippen LogP contribution in [0.3, 0.4) is 0 Å². The third-order valence-corrected chi connectivity index (χ3v) is 5.66. The molecule has 0 aliphatic carbocycles. The Kier molecular flexibility index (Phi) is 6.10. The van der Waals surface area contributed by atoms with Gasteiger partial charge in [0.05, 0.1) is 0 Å². The van der Waals surface area contributed by atoms with Gasteiger partial charge in [0.2, 0.25) is 0 Å².